The molecule has 7 heteroatoms. The first-order valence-corrected chi connectivity index (χ1v) is 6.56. The van der Waals surface area contributed by atoms with E-state index in [2.05, 4.69) is 15.3 Å². The van der Waals surface area contributed by atoms with Crippen LogP contribution in [0.5, 0.6) is 0 Å². The molecule has 88 valence electrons. The fraction of sp³-hybridized carbons (Fsp3) is 0.556. The number of rotatable bonds is 2. The summed E-state index contributed by atoms with van der Waals surface area (Å²) in [6.45, 7) is 3.65. The average Bonchev–Trinajstić information content (AvgIpc) is 2.30. The van der Waals surface area contributed by atoms with E-state index in [1.54, 1.807) is 6.07 Å². The lowest BCUT2D eigenvalue weighted by Crippen LogP contribution is -2.52. The molecule has 0 bridgehead atoms. The molecule has 1 N–H and O–H groups in total. The summed E-state index contributed by atoms with van der Waals surface area (Å²) in [7, 11) is -3.54. The number of hydrogen-bond donors (Lipinski definition) is 1. The van der Waals surface area contributed by atoms with Crippen LogP contribution in [0, 0.1) is 0 Å². The molecule has 1 aromatic heterocycles. The normalized spacial score (nSPS) is 23.2. The van der Waals surface area contributed by atoms with Crippen LogP contribution >= 0.6 is 0 Å². The minimum Gasteiger partial charge on any atom is -0.314 e. The van der Waals surface area contributed by atoms with E-state index in [0.717, 1.165) is 0 Å². The molecule has 1 aromatic rings. The number of piperazine rings is 1. The Hall–Kier alpha value is -1.05. The first-order valence-electron chi connectivity index (χ1n) is 5.12. The lowest BCUT2D eigenvalue weighted by atomic mass is 10.3. The zero-order valence-electron chi connectivity index (χ0n) is 9.00. The molecule has 2 heterocycles. The molecule has 0 aliphatic carbocycles. The zero-order valence-corrected chi connectivity index (χ0v) is 9.81. The molecule has 16 heavy (non-hydrogen) atoms. The molecular weight excluding hydrogens is 228 g/mol. The minimum absolute atomic E-state index is 0.0671. The highest BCUT2D eigenvalue weighted by molar-refractivity contribution is 7.89. The number of nitrogens with one attached hydrogen (secondary N) is 1. The van der Waals surface area contributed by atoms with Gasteiger partial charge in [0.05, 0.1) is 0 Å². The molecule has 1 aliphatic heterocycles. The fourth-order valence-electron chi connectivity index (χ4n) is 1.70. The summed E-state index contributed by atoms with van der Waals surface area (Å²) in [6, 6.07) is 1.53. The van der Waals surface area contributed by atoms with Gasteiger partial charge >= 0.3 is 0 Å². The molecule has 0 amide bonds. The van der Waals surface area contributed by atoms with E-state index in [9.17, 15) is 8.42 Å². The Morgan fingerprint density at radius 1 is 1.44 bits per heavy atom. The van der Waals surface area contributed by atoms with E-state index in [1.165, 1.54) is 16.7 Å². The summed E-state index contributed by atoms with van der Waals surface area (Å²) in [4.78, 5) is 7.60. The Labute approximate surface area is 94.8 Å². The molecule has 6 nitrogen and oxygen atoms in total. The highest BCUT2D eigenvalue weighted by atomic mass is 32.2. The van der Waals surface area contributed by atoms with Crippen LogP contribution in [0.1, 0.15) is 6.92 Å². The smallest absolute Gasteiger partial charge is 0.279 e. The molecule has 1 aliphatic rings. The number of hydrogen-bond acceptors (Lipinski definition) is 5. The van der Waals surface area contributed by atoms with Crippen LogP contribution < -0.4 is 5.32 Å². The van der Waals surface area contributed by atoms with Crippen LogP contribution in [0.2, 0.25) is 0 Å². The van der Waals surface area contributed by atoms with Gasteiger partial charge in [-0.3, -0.25) is 0 Å². The van der Waals surface area contributed by atoms with Crippen molar-refractivity contribution in [3.8, 4) is 0 Å². The second-order valence-electron chi connectivity index (χ2n) is 3.70. The summed E-state index contributed by atoms with van der Waals surface area (Å²) in [5.41, 5.74) is 0. The topological polar surface area (TPSA) is 75.2 Å². The van der Waals surface area contributed by atoms with Gasteiger partial charge in [0.2, 0.25) is 0 Å². The average molecular weight is 242 g/mol. The van der Waals surface area contributed by atoms with E-state index >= 15 is 0 Å². The van der Waals surface area contributed by atoms with Gasteiger partial charge in [-0.05, 0) is 13.0 Å². The van der Waals surface area contributed by atoms with Gasteiger partial charge < -0.3 is 5.32 Å². The predicted octanol–water partition coefficient (Wildman–Crippen LogP) is -0.541. The highest BCUT2D eigenvalue weighted by Gasteiger charge is 2.32. The maximum absolute atomic E-state index is 12.2. The van der Waals surface area contributed by atoms with Crippen LogP contribution in [0.25, 0.3) is 0 Å². The number of aromatic nitrogens is 2. The minimum atomic E-state index is -3.54. The second kappa shape index (κ2) is 4.44. The Balaban J connectivity index is 2.32. The number of sulfonamides is 1. The van der Waals surface area contributed by atoms with E-state index in [-0.39, 0.29) is 11.2 Å². The van der Waals surface area contributed by atoms with Crippen molar-refractivity contribution in [2.75, 3.05) is 19.6 Å². The fourth-order valence-corrected chi connectivity index (χ4v) is 3.18. The summed E-state index contributed by atoms with van der Waals surface area (Å²) in [5, 5.41) is 3.02. The molecular formula is C9H14N4O2S. The molecule has 0 radical (unpaired) electrons. The molecule has 2 rings (SSSR count). The summed E-state index contributed by atoms with van der Waals surface area (Å²) in [6.07, 6.45) is 2.87. The standard InChI is InChI=1S/C9H14N4O2S/c1-8-7-10-5-6-13(8)16(14,15)9-11-3-2-4-12-9/h2-4,8,10H,5-7H2,1H3. The van der Waals surface area contributed by atoms with Gasteiger partial charge in [-0.25, -0.2) is 18.4 Å². The van der Waals surface area contributed by atoms with Gasteiger partial charge in [-0.2, -0.15) is 4.31 Å². The largest absolute Gasteiger partial charge is 0.314 e. The first kappa shape index (κ1) is 11.4. The summed E-state index contributed by atoms with van der Waals surface area (Å²) in [5.74, 6) is 0. The predicted molar refractivity (Wildman–Crippen MR) is 58.3 cm³/mol. The van der Waals surface area contributed by atoms with Crippen molar-refractivity contribution in [2.24, 2.45) is 0 Å². The molecule has 0 spiro atoms. The maximum atomic E-state index is 12.2. The third kappa shape index (κ3) is 2.06. The van der Waals surface area contributed by atoms with Gasteiger partial charge in [0.15, 0.2) is 0 Å². The molecule has 0 saturated carbocycles. The molecule has 1 saturated heterocycles. The molecule has 1 atom stereocenters. The van der Waals surface area contributed by atoms with E-state index in [0.29, 0.717) is 19.6 Å². The highest BCUT2D eigenvalue weighted by Crippen LogP contribution is 2.14. The van der Waals surface area contributed by atoms with Crippen LogP contribution in [0.4, 0.5) is 0 Å². The third-order valence-electron chi connectivity index (χ3n) is 2.52. The van der Waals surface area contributed by atoms with E-state index < -0.39 is 10.0 Å². The summed E-state index contributed by atoms with van der Waals surface area (Å²) >= 11 is 0. The molecule has 1 unspecified atom stereocenters. The molecule has 0 aromatic carbocycles. The Morgan fingerprint density at radius 2 is 2.12 bits per heavy atom. The van der Waals surface area contributed by atoms with Crippen molar-refractivity contribution in [2.45, 2.75) is 18.1 Å². The second-order valence-corrected chi connectivity index (χ2v) is 5.48. The van der Waals surface area contributed by atoms with Gasteiger partial charge in [-0.1, -0.05) is 0 Å². The first-order chi connectivity index (χ1) is 7.62. The SMILES string of the molecule is CC1CNCCN1S(=O)(=O)c1ncccn1. The van der Waals surface area contributed by atoms with Crippen molar-refractivity contribution in [3.63, 3.8) is 0 Å². The summed E-state index contributed by atoms with van der Waals surface area (Å²) < 4.78 is 25.8. The van der Waals surface area contributed by atoms with E-state index in [4.69, 9.17) is 0 Å². The van der Waals surface area contributed by atoms with Gasteiger partial charge in [-0.15, -0.1) is 0 Å². The van der Waals surface area contributed by atoms with Crippen molar-refractivity contribution in [3.05, 3.63) is 18.5 Å². The molecule has 1 fully saturated rings. The van der Waals surface area contributed by atoms with Gasteiger partial charge in [0, 0.05) is 38.1 Å². The lowest BCUT2D eigenvalue weighted by Gasteiger charge is -2.31. The Morgan fingerprint density at radius 3 is 2.75 bits per heavy atom. The zero-order chi connectivity index (χ0) is 11.6. The van der Waals surface area contributed by atoms with Gasteiger partial charge in [0.1, 0.15) is 0 Å². The van der Waals surface area contributed by atoms with Crippen LogP contribution in [-0.4, -0.2) is 48.4 Å². The Kier molecular flexibility index (Phi) is 3.17. The van der Waals surface area contributed by atoms with Crippen molar-refractivity contribution < 1.29 is 8.42 Å². The number of nitrogens with zero attached hydrogens (tertiary/aromatic N) is 3. The van der Waals surface area contributed by atoms with E-state index in [1.807, 2.05) is 6.92 Å². The van der Waals surface area contributed by atoms with Crippen LogP contribution in [0.15, 0.2) is 23.6 Å². The van der Waals surface area contributed by atoms with Gasteiger partial charge in [0.25, 0.3) is 15.2 Å². The lowest BCUT2D eigenvalue weighted by molar-refractivity contribution is 0.282. The maximum Gasteiger partial charge on any atom is 0.279 e. The van der Waals surface area contributed by atoms with Crippen molar-refractivity contribution in [1.82, 2.24) is 19.6 Å². The Bertz CT molecular complexity index is 448. The van der Waals surface area contributed by atoms with Crippen LogP contribution in [-0.2, 0) is 10.0 Å². The third-order valence-corrected chi connectivity index (χ3v) is 4.35. The van der Waals surface area contributed by atoms with Crippen molar-refractivity contribution >= 4 is 10.0 Å². The monoisotopic (exact) mass is 242 g/mol. The van der Waals surface area contributed by atoms with Crippen LogP contribution in [0.3, 0.4) is 0 Å². The van der Waals surface area contributed by atoms with Crippen molar-refractivity contribution in [1.29, 1.82) is 0 Å². The quantitative estimate of drug-likeness (QED) is 0.705.